The Morgan fingerprint density at radius 2 is 1.37 bits per heavy atom. The third kappa shape index (κ3) is 9.12. The zero-order valence-corrected chi connectivity index (χ0v) is 30.2. The Kier molecular flexibility index (Phi) is 12.1. The number of carbonyl (C=O) groups excluding carboxylic acids is 1. The van der Waals surface area contributed by atoms with E-state index < -0.39 is 29.6 Å². The zero-order valence-electron chi connectivity index (χ0n) is 26.3. The van der Waals surface area contributed by atoms with Gasteiger partial charge in [-0.15, -0.1) is 0 Å². The first-order valence-corrected chi connectivity index (χ1v) is 23.3. The van der Waals surface area contributed by atoms with Gasteiger partial charge in [-0.25, -0.2) is 0 Å². The molecule has 0 N–H and O–H groups in total. The van der Waals surface area contributed by atoms with Crippen LogP contribution in [0.1, 0.15) is 120 Å². The van der Waals surface area contributed by atoms with Gasteiger partial charge < -0.3 is 0 Å². The van der Waals surface area contributed by atoms with Gasteiger partial charge in [-0.05, 0) is 0 Å². The topological polar surface area (TPSA) is 40.5 Å². The number of ether oxygens (including phenoxy) is 1. The van der Waals surface area contributed by atoms with Crippen LogP contribution in [0, 0.1) is 0 Å². The molecule has 6 heteroatoms. The van der Waals surface area contributed by atoms with Crippen molar-refractivity contribution in [1.82, 2.24) is 4.57 Å². The average Bonchev–Trinajstić information content (AvgIpc) is 3.21. The van der Waals surface area contributed by atoms with Crippen molar-refractivity contribution in [2.75, 3.05) is 0 Å². The molecule has 0 fully saturated rings. The molecule has 0 aliphatic rings. The van der Waals surface area contributed by atoms with Crippen molar-refractivity contribution >= 4 is 48.8 Å². The van der Waals surface area contributed by atoms with Crippen LogP contribution in [0.4, 0.5) is 4.79 Å². The number of unbranched alkanes of at least 4 members (excludes halogenated alkanes) is 3. The molecule has 2 rings (SSSR count). The van der Waals surface area contributed by atoms with Gasteiger partial charge >= 0.3 is 241 Å². The minimum atomic E-state index is -2.96. The predicted octanol–water partition coefficient (Wildman–Crippen LogP) is 9.57. The molecule has 0 amide bonds. The van der Waals surface area contributed by atoms with Crippen LogP contribution < -0.4 is 3.71 Å². The molecule has 214 valence electrons. The van der Waals surface area contributed by atoms with Crippen molar-refractivity contribution in [3.8, 4) is 0 Å². The molecular weight excluding hydrogens is 593 g/mol. The van der Waals surface area contributed by atoms with Gasteiger partial charge in [0.15, 0.2) is 0 Å². The number of rotatable bonds is 13. The molecule has 0 unspecified atom stereocenters. The molecule has 38 heavy (non-hydrogen) atoms. The van der Waals surface area contributed by atoms with Crippen LogP contribution >= 0.6 is 0 Å². The molecule has 0 aliphatic carbocycles. The summed E-state index contributed by atoms with van der Waals surface area (Å²) in [6.07, 6.45) is 7.14. The van der Waals surface area contributed by atoms with Crippen LogP contribution in [0.3, 0.4) is 0 Å². The monoisotopic (exact) mass is 649 g/mol. The fraction of sp³-hybridized carbons (Fsp3) is 0.719. The van der Waals surface area contributed by atoms with Crippen molar-refractivity contribution < 1.29 is 14.0 Å². The molecule has 0 spiro atoms. The van der Waals surface area contributed by atoms with Crippen LogP contribution in [0.25, 0.3) is 10.9 Å². The molecule has 2 radical (unpaired) electrons. The number of carbonyl (C=O) groups is 1. The van der Waals surface area contributed by atoms with E-state index in [1.807, 2.05) is 25.3 Å². The summed E-state index contributed by atoms with van der Waals surface area (Å²) >= 11 is -2.96. The maximum atomic E-state index is 13.9. The average molecular weight is 649 g/mol. The Labute approximate surface area is 240 Å². The van der Waals surface area contributed by atoms with Crippen LogP contribution in [0.2, 0.25) is 18.3 Å². The molecule has 0 aliphatic heterocycles. The molecular formula is C32H55NO3SiSn. The van der Waals surface area contributed by atoms with Crippen LogP contribution in [0.15, 0.2) is 24.3 Å². The predicted molar refractivity (Wildman–Crippen MR) is 168 cm³/mol. The summed E-state index contributed by atoms with van der Waals surface area (Å²) in [7, 11) is 0.409. The third-order valence-corrected chi connectivity index (χ3v) is 23.9. The summed E-state index contributed by atoms with van der Waals surface area (Å²) in [4.78, 5) is 13.9. The quantitative estimate of drug-likeness (QED) is 0.203. The standard InChI is InChI=1S/C20H28NO3Si.3C4H9.Sn/c1-18(2,3)23-17(22)21-12-11-14-13-15(9-10-16(14)21)20(7,8)24-25-19(4,5)6;3*1-3-4-2;/h9-11,13H,1-8H3;3*1,3-4H2,2H3;. The summed E-state index contributed by atoms with van der Waals surface area (Å²) in [6, 6.07) is 8.95. The van der Waals surface area contributed by atoms with Crippen LogP contribution in [0.5, 0.6) is 0 Å². The Hall–Kier alpha value is -0.794. The van der Waals surface area contributed by atoms with E-state index >= 15 is 0 Å². The van der Waals surface area contributed by atoms with Gasteiger partial charge in [-0.2, -0.15) is 0 Å². The number of nitrogens with zero attached hydrogens (tertiary/aromatic N) is 1. The van der Waals surface area contributed by atoms with Gasteiger partial charge in [-0.3, -0.25) is 0 Å². The Balaban J connectivity index is 2.77. The summed E-state index contributed by atoms with van der Waals surface area (Å²) in [6.45, 7) is 23.8. The van der Waals surface area contributed by atoms with Gasteiger partial charge in [0.25, 0.3) is 0 Å². The van der Waals surface area contributed by atoms with Crippen LogP contribution in [-0.2, 0) is 14.8 Å². The normalized spacial score (nSPS) is 13.3. The Morgan fingerprint density at radius 1 is 0.842 bits per heavy atom. The van der Waals surface area contributed by atoms with Crippen LogP contribution in [-0.4, -0.2) is 44.4 Å². The van der Waals surface area contributed by atoms with Crippen molar-refractivity contribution in [1.29, 1.82) is 0 Å². The molecule has 1 aromatic carbocycles. The third-order valence-electron chi connectivity index (χ3n) is 7.26. The summed E-state index contributed by atoms with van der Waals surface area (Å²) < 4.78 is 19.8. The van der Waals surface area contributed by atoms with Crippen molar-refractivity contribution in [2.24, 2.45) is 0 Å². The molecule has 1 aromatic heterocycles. The van der Waals surface area contributed by atoms with E-state index in [0.717, 1.165) is 16.5 Å². The van der Waals surface area contributed by atoms with Crippen molar-refractivity contribution in [3.63, 3.8) is 0 Å². The molecule has 4 nitrogen and oxygen atoms in total. The first kappa shape index (κ1) is 33.4. The molecule has 2 aromatic rings. The number of benzene rings is 1. The van der Waals surface area contributed by atoms with E-state index in [1.165, 1.54) is 55.5 Å². The second-order valence-corrected chi connectivity index (χ2v) is 28.6. The minimum absolute atomic E-state index is 0.125. The maximum absolute atomic E-state index is 13.9. The SMILES string of the molecule is CCC[CH2][Sn]([CH2]CCC)([CH2]CCC)[c]1cc2cc(C(C)(C)O[Si]C(C)(C)C)ccc2n1C(=O)OC(C)(C)C. The fourth-order valence-electron chi connectivity index (χ4n) is 5.13. The Morgan fingerprint density at radius 3 is 1.82 bits per heavy atom. The number of fused-ring (bicyclic) bond motifs is 1. The van der Waals surface area contributed by atoms with Crippen molar-refractivity contribution in [3.05, 3.63) is 29.8 Å². The fourth-order valence-corrected chi connectivity index (χ4v) is 22.2. The first-order chi connectivity index (χ1) is 17.6. The van der Waals surface area contributed by atoms with E-state index in [4.69, 9.17) is 9.16 Å². The number of hydrogen-bond acceptors (Lipinski definition) is 3. The molecule has 0 bridgehead atoms. The van der Waals surface area contributed by atoms with Crippen molar-refractivity contribution in [2.45, 2.75) is 144 Å². The second-order valence-electron chi connectivity index (χ2n) is 13.7. The van der Waals surface area contributed by atoms with E-state index in [9.17, 15) is 4.79 Å². The van der Waals surface area contributed by atoms with Gasteiger partial charge in [0.05, 0.1) is 0 Å². The van der Waals surface area contributed by atoms with E-state index in [2.05, 4.69) is 79.7 Å². The second kappa shape index (κ2) is 13.7. The molecule has 1 heterocycles. The van der Waals surface area contributed by atoms with E-state index in [-0.39, 0.29) is 11.1 Å². The number of aromatic nitrogens is 1. The van der Waals surface area contributed by atoms with Gasteiger partial charge in [-0.1, -0.05) is 0 Å². The van der Waals surface area contributed by atoms with Gasteiger partial charge in [0.1, 0.15) is 0 Å². The first-order valence-electron chi connectivity index (χ1n) is 14.9. The van der Waals surface area contributed by atoms with E-state index in [0.29, 0.717) is 9.76 Å². The number of hydrogen-bond donors (Lipinski definition) is 0. The molecule has 0 atom stereocenters. The summed E-state index contributed by atoms with van der Waals surface area (Å²) in [5.74, 6) is 0. The summed E-state index contributed by atoms with van der Waals surface area (Å²) in [5, 5.41) is 1.27. The Bertz CT molecular complexity index is 1020. The van der Waals surface area contributed by atoms with Gasteiger partial charge in [0.2, 0.25) is 0 Å². The molecule has 0 saturated carbocycles. The van der Waals surface area contributed by atoms with E-state index in [1.54, 1.807) is 0 Å². The molecule has 0 saturated heterocycles. The van der Waals surface area contributed by atoms with Gasteiger partial charge in [0, 0.05) is 0 Å². The zero-order chi connectivity index (χ0) is 28.8. The summed E-state index contributed by atoms with van der Waals surface area (Å²) in [5.41, 5.74) is 1.20.